The number of nitrogens with two attached hydrogens (primary N) is 1. The second-order valence-electron chi connectivity index (χ2n) is 6.25. The molecule has 0 saturated heterocycles. The molecule has 25 heavy (non-hydrogen) atoms. The molecule has 2 heterocycles. The predicted molar refractivity (Wildman–Crippen MR) is 90.5 cm³/mol. The Kier molecular flexibility index (Phi) is 3.85. The first-order valence-corrected chi connectivity index (χ1v) is 8.05. The van der Waals surface area contributed by atoms with Crippen molar-refractivity contribution in [3.63, 3.8) is 0 Å². The first-order valence-electron chi connectivity index (χ1n) is 8.05. The first-order chi connectivity index (χ1) is 12.1. The van der Waals surface area contributed by atoms with E-state index in [1.54, 1.807) is 30.7 Å². The van der Waals surface area contributed by atoms with Crippen LogP contribution in [0.3, 0.4) is 0 Å². The Labute approximate surface area is 143 Å². The summed E-state index contributed by atoms with van der Waals surface area (Å²) >= 11 is 0. The van der Waals surface area contributed by atoms with Gasteiger partial charge in [-0.15, -0.1) is 0 Å². The zero-order valence-corrected chi connectivity index (χ0v) is 13.4. The van der Waals surface area contributed by atoms with Crippen molar-refractivity contribution in [2.45, 2.75) is 31.0 Å². The van der Waals surface area contributed by atoms with Crippen molar-refractivity contribution in [1.82, 2.24) is 20.5 Å². The van der Waals surface area contributed by atoms with E-state index in [4.69, 9.17) is 5.84 Å². The molecule has 1 unspecified atom stereocenters. The summed E-state index contributed by atoms with van der Waals surface area (Å²) in [4.78, 5) is 4.45. The van der Waals surface area contributed by atoms with Crippen LogP contribution < -0.4 is 16.6 Å². The van der Waals surface area contributed by atoms with Gasteiger partial charge in [-0.1, -0.05) is 24.3 Å². The molecule has 2 aliphatic rings. The largest absolute Gasteiger partial charge is 0.362 e. The zero-order chi connectivity index (χ0) is 17.4. The number of benzene rings is 1. The Morgan fingerprint density at radius 3 is 2.60 bits per heavy atom. The number of halogens is 2. The van der Waals surface area contributed by atoms with Gasteiger partial charge in [0.15, 0.2) is 5.66 Å². The molecule has 1 aromatic carbocycles. The number of rotatable bonds is 5. The minimum absolute atomic E-state index is 0.0115. The Morgan fingerprint density at radius 1 is 1.28 bits per heavy atom. The Hall–Kier alpha value is -2.58. The zero-order valence-electron chi connectivity index (χ0n) is 13.4. The molecular weight excluding hydrogens is 326 g/mol. The molecule has 1 aliphatic carbocycles. The van der Waals surface area contributed by atoms with Crippen molar-refractivity contribution in [3.05, 3.63) is 59.5 Å². The van der Waals surface area contributed by atoms with Crippen molar-refractivity contribution >= 4 is 11.9 Å². The molecule has 1 aromatic heterocycles. The predicted octanol–water partition coefficient (Wildman–Crippen LogP) is 2.44. The van der Waals surface area contributed by atoms with Crippen molar-refractivity contribution in [2.75, 3.05) is 0 Å². The highest BCUT2D eigenvalue weighted by Crippen LogP contribution is 2.35. The molecule has 4 rings (SSSR count). The standard InChI is InChI=1S/C17H18F2N6/c18-16(19)12-3-1-11(2-4-12)15-8-22-17(24-20,10-21-15)13-7-23-25(9-13)14-5-6-14/h1-4,7-10,14,16,22,24H,5-6,20H2. The van der Waals surface area contributed by atoms with E-state index in [9.17, 15) is 8.78 Å². The van der Waals surface area contributed by atoms with Crippen LogP contribution in [0.2, 0.25) is 0 Å². The normalized spacial score (nSPS) is 22.8. The number of hydrogen-bond acceptors (Lipinski definition) is 5. The lowest BCUT2D eigenvalue weighted by Crippen LogP contribution is -2.57. The fraction of sp³-hybridized carbons (Fsp3) is 0.294. The van der Waals surface area contributed by atoms with Crippen molar-refractivity contribution in [1.29, 1.82) is 0 Å². The summed E-state index contributed by atoms with van der Waals surface area (Å²) in [6.07, 6.45) is 6.89. The van der Waals surface area contributed by atoms with Crippen LogP contribution in [0.1, 0.15) is 42.0 Å². The van der Waals surface area contributed by atoms with Gasteiger partial charge < -0.3 is 5.32 Å². The lowest BCUT2D eigenvalue weighted by molar-refractivity contribution is 0.151. The maximum atomic E-state index is 12.7. The number of aromatic nitrogens is 2. The highest BCUT2D eigenvalue weighted by molar-refractivity contribution is 5.83. The molecule has 2 aromatic rings. The summed E-state index contributed by atoms with van der Waals surface area (Å²) in [5.74, 6) is 5.76. The van der Waals surface area contributed by atoms with Crippen molar-refractivity contribution < 1.29 is 8.78 Å². The molecule has 1 aliphatic heterocycles. The van der Waals surface area contributed by atoms with Gasteiger partial charge in [-0.25, -0.2) is 14.2 Å². The molecule has 4 N–H and O–H groups in total. The minimum Gasteiger partial charge on any atom is -0.362 e. The van der Waals surface area contributed by atoms with Crippen LogP contribution in [-0.4, -0.2) is 16.0 Å². The van der Waals surface area contributed by atoms with Gasteiger partial charge in [0.05, 0.1) is 24.2 Å². The molecule has 0 spiro atoms. The summed E-state index contributed by atoms with van der Waals surface area (Å²) in [6.45, 7) is 0. The highest BCUT2D eigenvalue weighted by atomic mass is 19.3. The van der Waals surface area contributed by atoms with Crippen LogP contribution in [-0.2, 0) is 5.66 Å². The molecule has 0 bridgehead atoms. The fourth-order valence-corrected chi connectivity index (χ4v) is 2.78. The molecule has 130 valence electrons. The topological polar surface area (TPSA) is 80.3 Å². The van der Waals surface area contributed by atoms with Crippen molar-refractivity contribution in [3.8, 4) is 0 Å². The number of hydrogen-bond donors (Lipinski definition) is 3. The van der Waals surface area contributed by atoms with Gasteiger partial charge >= 0.3 is 0 Å². The number of hydrazine groups is 1. The summed E-state index contributed by atoms with van der Waals surface area (Å²) in [5.41, 5.74) is 4.12. The smallest absolute Gasteiger partial charge is 0.263 e. The van der Waals surface area contributed by atoms with Crippen LogP contribution in [0.5, 0.6) is 0 Å². The van der Waals surface area contributed by atoms with Crippen LogP contribution in [0, 0.1) is 0 Å². The third-order valence-corrected chi connectivity index (χ3v) is 4.50. The second-order valence-corrected chi connectivity index (χ2v) is 6.25. The summed E-state index contributed by atoms with van der Waals surface area (Å²) in [7, 11) is 0. The second kappa shape index (κ2) is 6.05. The van der Waals surface area contributed by atoms with Gasteiger partial charge in [-0.05, 0) is 12.8 Å². The van der Waals surface area contributed by atoms with Gasteiger partial charge in [0.1, 0.15) is 0 Å². The van der Waals surface area contributed by atoms with E-state index in [1.807, 2.05) is 10.9 Å². The number of aliphatic imine (C=N–C) groups is 1. The first kappa shape index (κ1) is 15.9. The maximum absolute atomic E-state index is 12.7. The number of alkyl halides is 2. The van der Waals surface area contributed by atoms with Gasteiger partial charge in [-0.3, -0.25) is 15.5 Å². The molecule has 1 atom stereocenters. The highest BCUT2D eigenvalue weighted by Gasteiger charge is 2.34. The molecule has 1 fully saturated rings. The summed E-state index contributed by atoms with van der Waals surface area (Å²) < 4.78 is 27.2. The fourth-order valence-electron chi connectivity index (χ4n) is 2.78. The van der Waals surface area contributed by atoms with Crippen LogP contribution in [0.4, 0.5) is 8.78 Å². The summed E-state index contributed by atoms with van der Waals surface area (Å²) in [5, 5.41) is 7.59. The average Bonchev–Trinajstić information content (AvgIpc) is 3.38. The van der Waals surface area contributed by atoms with Crippen LogP contribution >= 0.6 is 0 Å². The van der Waals surface area contributed by atoms with E-state index in [2.05, 4.69) is 20.8 Å². The van der Waals surface area contributed by atoms with Gasteiger partial charge in [0.25, 0.3) is 6.43 Å². The molecular formula is C17H18F2N6. The van der Waals surface area contributed by atoms with Gasteiger partial charge in [0, 0.05) is 29.1 Å². The lowest BCUT2D eigenvalue weighted by atomic mass is 10.0. The Morgan fingerprint density at radius 2 is 2.04 bits per heavy atom. The lowest BCUT2D eigenvalue weighted by Gasteiger charge is -2.31. The van der Waals surface area contributed by atoms with E-state index >= 15 is 0 Å². The Balaban J connectivity index is 1.55. The van der Waals surface area contributed by atoms with E-state index in [-0.39, 0.29) is 5.56 Å². The van der Waals surface area contributed by atoms with E-state index in [0.29, 0.717) is 11.7 Å². The number of nitrogens with zero attached hydrogens (tertiary/aromatic N) is 3. The molecule has 8 heteroatoms. The molecule has 1 saturated carbocycles. The Bertz CT molecular complexity index is 822. The molecule has 0 radical (unpaired) electrons. The molecule has 6 nitrogen and oxygen atoms in total. The molecule has 0 amide bonds. The average molecular weight is 344 g/mol. The quantitative estimate of drug-likeness (QED) is 0.575. The third kappa shape index (κ3) is 2.94. The van der Waals surface area contributed by atoms with Gasteiger partial charge in [-0.2, -0.15) is 5.10 Å². The van der Waals surface area contributed by atoms with E-state index in [1.165, 1.54) is 12.1 Å². The maximum Gasteiger partial charge on any atom is 0.263 e. The summed E-state index contributed by atoms with van der Waals surface area (Å²) in [6, 6.07) is 6.53. The van der Waals surface area contributed by atoms with Gasteiger partial charge in [0.2, 0.25) is 0 Å². The van der Waals surface area contributed by atoms with E-state index in [0.717, 1.165) is 24.0 Å². The minimum atomic E-state index is -2.48. The van der Waals surface area contributed by atoms with E-state index < -0.39 is 12.1 Å². The monoisotopic (exact) mass is 344 g/mol. The number of nitrogens with one attached hydrogen (secondary N) is 2. The third-order valence-electron chi connectivity index (χ3n) is 4.50. The van der Waals surface area contributed by atoms with Crippen LogP contribution in [0.25, 0.3) is 5.70 Å². The van der Waals surface area contributed by atoms with Crippen LogP contribution in [0.15, 0.2) is 47.9 Å². The van der Waals surface area contributed by atoms with Crippen molar-refractivity contribution in [2.24, 2.45) is 10.8 Å². The SMILES string of the molecule is NNC1(c2cnn(C3CC3)c2)C=NC(c2ccc(C(F)F)cc2)=CN1.